The van der Waals surface area contributed by atoms with Gasteiger partial charge in [-0.3, -0.25) is 4.79 Å². The highest BCUT2D eigenvalue weighted by Crippen LogP contribution is 2.20. The van der Waals surface area contributed by atoms with E-state index >= 15 is 0 Å². The van der Waals surface area contributed by atoms with Crippen molar-refractivity contribution in [3.05, 3.63) is 63.6 Å². The van der Waals surface area contributed by atoms with Crippen molar-refractivity contribution < 1.29 is 4.79 Å². The number of carbonyl (C=O) groups is 1. The molecule has 0 aliphatic carbocycles. The molecule has 2 aromatic rings. The second kappa shape index (κ2) is 6.35. The van der Waals surface area contributed by atoms with Crippen LogP contribution in [0.5, 0.6) is 0 Å². The van der Waals surface area contributed by atoms with Gasteiger partial charge in [0.25, 0.3) is 5.91 Å². The molecule has 0 radical (unpaired) electrons. The van der Waals surface area contributed by atoms with Gasteiger partial charge in [-0.2, -0.15) is 0 Å². The van der Waals surface area contributed by atoms with Crippen molar-refractivity contribution in [2.75, 3.05) is 5.32 Å². The molecular formula is C15H13Br2NO. The molecule has 0 aliphatic heterocycles. The smallest absolute Gasteiger partial charge is 0.256 e. The largest absolute Gasteiger partial charge is 0.322 e. The molecule has 0 aliphatic rings. The number of halogens is 2. The van der Waals surface area contributed by atoms with Crippen molar-refractivity contribution in [2.24, 2.45) is 0 Å². The van der Waals surface area contributed by atoms with Crippen LogP contribution in [0.15, 0.2) is 46.9 Å². The van der Waals surface area contributed by atoms with Gasteiger partial charge < -0.3 is 5.32 Å². The molecule has 2 nitrogen and oxygen atoms in total. The molecular weight excluding hydrogens is 370 g/mol. The van der Waals surface area contributed by atoms with Crippen LogP contribution in [-0.2, 0) is 5.33 Å². The van der Waals surface area contributed by atoms with Crippen molar-refractivity contribution in [1.29, 1.82) is 0 Å². The van der Waals surface area contributed by atoms with Gasteiger partial charge >= 0.3 is 0 Å². The zero-order valence-corrected chi connectivity index (χ0v) is 13.6. The molecule has 4 heteroatoms. The Morgan fingerprint density at radius 2 is 2.00 bits per heavy atom. The second-order valence-corrected chi connectivity index (χ2v) is 5.69. The molecule has 2 aromatic carbocycles. The van der Waals surface area contributed by atoms with Crippen molar-refractivity contribution in [1.82, 2.24) is 0 Å². The van der Waals surface area contributed by atoms with E-state index in [0.29, 0.717) is 5.56 Å². The minimum Gasteiger partial charge on any atom is -0.322 e. The minimum atomic E-state index is -0.112. The quantitative estimate of drug-likeness (QED) is 0.751. The average Bonchev–Trinajstić information content (AvgIpc) is 2.38. The lowest BCUT2D eigenvalue weighted by molar-refractivity contribution is 0.102. The van der Waals surface area contributed by atoms with Crippen LogP contribution in [0.4, 0.5) is 5.69 Å². The molecule has 0 aromatic heterocycles. The first-order chi connectivity index (χ1) is 9.10. The van der Waals surface area contributed by atoms with Crippen LogP contribution < -0.4 is 5.32 Å². The molecule has 0 atom stereocenters. The first kappa shape index (κ1) is 14.3. The first-order valence-electron chi connectivity index (χ1n) is 5.82. The summed E-state index contributed by atoms with van der Waals surface area (Å²) in [4.78, 5) is 12.2. The number of nitrogens with one attached hydrogen (secondary N) is 1. The number of carbonyl (C=O) groups excluding carboxylic acids is 1. The minimum absolute atomic E-state index is 0.112. The van der Waals surface area contributed by atoms with Gasteiger partial charge in [0, 0.05) is 15.5 Å². The van der Waals surface area contributed by atoms with E-state index in [1.807, 2.05) is 49.4 Å². The lowest BCUT2D eigenvalue weighted by Gasteiger charge is -2.08. The number of amides is 1. The molecule has 0 saturated carbocycles. The van der Waals surface area contributed by atoms with Gasteiger partial charge in [-0.25, -0.2) is 0 Å². The summed E-state index contributed by atoms with van der Waals surface area (Å²) < 4.78 is 0.807. The summed E-state index contributed by atoms with van der Waals surface area (Å²) in [5.41, 5.74) is 3.68. The topological polar surface area (TPSA) is 29.1 Å². The number of rotatable bonds is 3. The van der Waals surface area contributed by atoms with Crippen LogP contribution in [0.3, 0.4) is 0 Å². The number of anilines is 1. The Morgan fingerprint density at radius 3 is 2.68 bits per heavy atom. The standard InChI is InChI=1S/C15H13Br2NO/c1-10-5-6-13(14(17)7-10)15(19)18-12-4-2-3-11(8-12)9-16/h2-8H,9H2,1H3,(H,18,19). The summed E-state index contributed by atoms with van der Waals surface area (Å²) in [6, 6.07) is 13.4. The van der Waals surface area contributed by atoms with Gasteiger partial charge in [-0.05, 0) is 58.2 Å². The molecule has 98 valence electrons. The summed E-state index contributed by atoms with van der Waals surface area (Å²) in [5.74, 6) is -0.112. The summed E-state index contributed by atoms with van der Waals surface area (Å²) in [5, 5.41) is 3.67. The van der Waals surface area contributed by atoms with Gasteiger partial charge in [0.1, 0.15) is 0 Å². The highest BCUT2D eigenvalue weighted by molar-refractivity contribution is 9.10. The molecule has 0 spiro atoms. The maximum Gasteiger partial charge on any atom is 0.256 e. The van der Waals surface area contributed by atoms with Crippen LogP contribution in [0.2, 0.25) is 0 Å². The Hall–Kier alpha value is -1.13. The Bertz CT molecular complexity index is 611. The molecule has 1 amide bonds. The number of benzene rings is 2. The van der Waals surface area contributed by atoms with Gasteiger partial charge in [0.15, 0.2) is 0 Å². The molecule has 0 saturated heterocycles. The van der Waals surface area contributed by atoms with E-state index in [1.54, 1.807) is 0 Å². The molecule has 1 N–H and O–H groups in total. The SMILES string of the molecule is Cc1ccc(C(=O)Nc2cccc(CBr)c2)c(Br)c1. The van der Waals surface area contributed by atoms with Crippen molar-refractivity contribution in [3.8, 4) is 0 Å². The maximum absolute atomic E-state index is 12.2. The van der Waals surface area contributed by atoms with E-state index in [-0.39, 0.29) is 5.91 Å². The van der Waals surface area contributed by atoms with Crippen LogP contribution in [0.25, 0.3) is 0 Å². The molecule has 19 heavy (non-hydrogen) atoms. The summed E-state index contributed by atoms with van der Waals surface area (Å²) >= 11 is 6.82. The first-order valence-corrected chi connectivity index (χ1v) is 7.74. The van der Waals surface area contributed by atoms with E-state index in [9.17, 15) is 4.79 Å². The lowest BCUT2D eigenvalue weighted by Crippen LogP contribution is -2.12. The Balaban J connectivity index is 2.20. The number of hydrogen-bond donors (Lipinski definition) is 1. The predicted molar refractivity (Wildman–Crippen MR) is 85.9 cm³/mol. The third kappa shape index (κ3) is 3.67. The molecule has 2 rings (SSSR count). The Kier molecular flexibility index (Phi) is 4.77. The van der Waals surface area contributed by atoms with E-state index in [0.717, 1.165) is 26.6 Å². The number of hydrogen-bond acceptors (Lipinski definition) is 1. The van der Waals surface area contributed by atoms with Crippen molar-refractivity contribution in [2.45, 2.75) is 12.3 Å². The fourth-order valence-electron chi connectivity index (χ4n) is 1.73. The third-order valence-corrected chi connectivity index (χ3v) is 4.01. The molecule has 0 bridgehead atoms. The third-order valence-electron chi connectivity index (χ3n) is 2.71. The highest BCUT2D eigenvalue weighted by Gasteiger charge is 2.10. The van der Waals surface area contributed by atoms with Crippen LogP contribution in [0, 0.1) is 6.92 Å². The summed E-state index contributed by atoms with van der Waals surface area (Å²) in [6.45, 7) is 1.99. The second-order valence-electron chi connectivity index (χ2n) is 4.27. The summed E-state index contributed by atoms with van der Waals surface area (Å²) in [7, 11) is 0. The number of alkyl halides is 1. The van der Waals surface area contributed by atoms with Gasteiger partial charge in [0.05, 0.1) is 5.56 Å². The monoisotopic (exact) mass is 381 g/mol. The number of aryl methyl sites for hydroxylation is 1. The fraction of sp³-hybridized carbons (Fsp3) is 0.133. The maximum atomic E-state index is 12.2. The van der Waals surface area contributed by atoms with Crippen LogP contribution in [-0.4, -0.2) is 5.91 Å². The van der Waals surface area contributed by atoms with Gasteiger partial charge in [0.2, 0.25) is 0 Å². The lowest BCUT2D eigenvalue weighted by atomic mass is 10.1. The fourth-order valence-corrected chi connectivity index (χ4v) is 2.76. The highest BCUT2D eigenvalue weighted by atomic mass is 79.9. The van der Waals surface area contributed by atoms with E-state index in [4.69, 9.17) is 0 Å². The van der Waals surface area contributed by atoms with E-state index in [1.165, 1.54) is 0 Å². The average molecular weight is 383 g/mol. The predicted octanol–water partition coefficient (Wildman–Crippen LogP) is 4.90. The van der Waals surface area contributed by atoms with Crippen molar-refractivity contribution >= 4 is 43.5 Å². The van der Waals surface area contributed by atoms with Gasteiger partial charge in [-0.1, -0.05) is 34.1 Å². The molecule has 0 fully saturated rings. The Morgan fingerprint density at radius 1 is 1.21 bits per heavy atom. The van der Waals surface area contributed by atoms with Crippen LogP contribution in [0.1, 0.15) is 21.5 Å². The molecule has 0 unspecified atom stereocenters. The summed E-state index contributed by atoms with van der Waals surface area (Å²) in [6.07, 6.45) is 0. The Labute approximate surface area is 129 Å². The van der Waals surface area contributed by atoms with E-state index in [2.05, 4.69) is 37.2 Å². The van der Waals surface area contributed by atoms with Crippen LogP contribution >= 0.6 is 31.9 Å². The molecule has 0 heterocycles. The van der Waals surface area contributed by atoms with E-state index < -0.39 is 0 Å². The van der Waals surface area contributed by atoms with Gasteiger partial charge in [-0.15, -0.1) is 0 Å². The normalized spacial score (nSPS) is 10.3. The zero-order valence-electron chi connectivity index (χ0n) is 10.4. The zero-order chi connectivity index (χ0) is 13.8. The van der Waals surface area contributed by atoms with Crippen molar-refractivity contribution in [3.63, 3.8) is 0 Å².